The van der Waals surface area contributed by atoms with Crippen molar-refractivity contribution in [1.29, 1.82) is 0 Å². The van der Waals surface area contributed by atoms with E-state index in [2.05, 4.69) is 26.2 Å². The molecule has 0 bridgehead atoms. The first kappa shape index (κ1) is 26.3. The van der Waals surface area contributed by atoms with Gasteiger partial charge in [-0.05, 0) is 56.2 Å². The quantitative estimate of drug-likeness (QED) is 0.276. The van der Waals surface area contributed by atoms with E-state index in [1.165, 1.54) is 17.1 Å². The molecule has 2 aliphatic heterocycles. The van der Waals surface area contributed by atoms with E-state index >= 15 is 0 Å². The monoisotopic (exact) mass is 602 g/mol. The van der Waals surface area contributed by atoms with Crippen LogP contribution in [0.2, 0.25) is 5.15 Å². The number of nitrogens with one attached hydrogen (secondary N) is 1. The lowest BCUT2D eigenvalue weighted by atomic mass is 9.90. The molecule has 1 aromatic heterocycles. The molecule has 1 fully saturated rings. The topological polar surface area (TPSA) is 85.8 Å². The first-order valence-electron chi connectivity index (χ1n) is 11.8. The van der Waals surface area contributed by atoms with E-state index in [0.717, 1.165) is 10.5 Å². The van der Waals surface area contributed by atoms with Gasteiger partial charge in [0.15, 0.2) is 11.6 Å². The summed E-state index contributed by atoms with van der Waals surface area (Å²) in [6.45, 7) is 1.81. The van der Waals surface area contributed by atoms with Crippen LogP contribution in [0, 0.1) is 11.6 Å². The van der Waals surface area contributed by atoms with E-state index in [4.69, 9.17) is 11.6 Å². The molecule has 196 valence electrons. The normalized spacial score (nSPS) is 19.6. The Hall–Kier alpha value is -3.34. The summed E-state index contributed by atoms with van der Waals surface area (Å²) >= 11 is 9.35. The predicted molar refractivity (Wildman–Crippen MR) is 142 cm³/mol. The predicted octanol–water partition coefficient (Wildman–Crippen LogP) is 6.01. The number of fused-ring (bicyclic) bond motifs is 1. The zero-order valence-electron chi connectivity index (χ0n) is 20.1. The van der Waals surface area contributed by atoms with Gasteiger partial charge in [0, 0.05) is 39.6 Å². The number of benzene rings is 2. The average Bonchev–Trinajstić information content (AvgIpc) is 3.29. The maximum Gasteiger partial charge on any atom is 0.277 e. The van der Waals surface area contributed by atoms with E-state index in [9.17, 15) is 23.5 Å². The summed E-state index contributed by atoms with van der Waals surface area (Å²) in [6.07, 6.45) is 2.64. The van der Waals surface area contributed by atoms with Crippen molar-refractivity contribution < 1.29 is 23.5 Å². The number of amides is 2. The summed E-state index contributed by atoms with van der Waals surface area (Å²) in [7, 11) is 0. The van der Waals surface area contributed by atoms with Crippen LogP contribution in [-0.2, 0) is 16.1 Å². The summed E-state index contributed by atoms with van der Waals surface area (Å²) in [5.41, 5.74) is 0.0818. The molecule has 0 unspecified atom stereocenters. The molecule has 2 aliphatic rings. The molecule has 11 heteroatoms. The highest BCUT2D eigenvalue weighted by Crippen LogP contribution is 2.42. The van der Waals surface area contributed by atoms with Crippen molar-refractivity contribution in [3.05, 3.63) is 92.9 Å². The molecule has 0 radical (unpaired) electrons. The number of aromatic nitrogens is 1. The van der Waals surface area contributed by atoms with Gasteiger partial charge in [-0.25, -0.2) is 18.8 Å². The number of hydrogen-bond acceptors (Lipinski definition) is 5. The van der Waals surface area contributed by atoms with Gasteiger partial charge >= 0.3 is 0 Å². The molecule has 0 aliphatic carbocycles. The third kappa shape index (κ3) is 4.57. The number of halogens is 4. The number of rotatable bonds is 5. The van der Waals surface area contributed by atoms with Crippen LogP contribution in [0.25, 0.3) is 11.1 Å². The van der Waals surface area contributed by atoms with Crippen LogP contribution in [0.5, 0.6) is 0 Å². The van der Waals surface area contributed by atoms with Crippen LogP contribution in [-0.4, -0.2) is 44.0 Å². The van der Waals surface area contributed by atoms with E-state index in [-0.39, 0.29) is 17.9 Å². The Kier molecular flexibility index (Phi) is 6.97. The maximum atomic E-state index is 14.5. The van der Waals surface area contributed by atoms with E-state index in [1.807, 2.05) is 0 Å². The highest BCUT2D eigenvalue weighted by atomic mass is 79.9. The molecule has 2 aromatic carbocycles. The molecule has 2 N–H and O–H groups in total. The van der Waals surface area contributed by atoms with Crippen molar-refractivity contribution in [2.75, 3.05) is 11.9 Å². The van der Waals surface area contributed by atoms with Gasteiger partial charge in [-0.2, -0.15) is 0 Å². The Bertz CT molecular complexity index is 1480. The molecule has 0 spiro atoms. The third-order valence-electron chi connectivity index (χ3n) is 6.94. The lowest BCUT2D eigenvalue weighted by molar-refractivity contribution is -0.160. The number of pyridine rings is 1. The smallest absolute Gasteiger partial charge is 0.277 e. The summed E-state index contributed by atoms with van der Waals surface area (Å²) in [4.78, 5) is 31.3. The molecule has 3 heterocycles. The molecular formula is C27H22BrClF2N4O3. The maximum absolute atomic E-state index is 14.5. The van der Waals surface area contributed by atoms with Gasteiger partial charge in [0.25, 0.3) is 11.8 Å². The minimum absolute atomic E-state index is 0.0424. The number of nitrogens with zero attached hydrogens (tertiary/aromatic N) is 3. The number of aliphatic hydroxyl groups is 1. The highest BCUT2D eigenvalue weighted by molar-refractivity contribution is 9.10. The fourth-order valence-electron chi connectivity index (χ4n) is 4.96. The average molecular weight is 604 g/mol. The Morgan fingerprint density at radius 3 is 2.76 bits per heavy atom. The van der Waals surface area contributed by atoms with Crippen LogP contribution in [0.3, 0.4) is 0 Å². The SMILES string of the molecule is C[C@]12CCCN1N(Cc1cccc(F)c1F)C(=O)C(C(=O)Nc1ccc(Br)cc1-c1ccc(Cl)nc1)=C2O. The van der Waals surface area contributed by atoms with Crippen molar-refractivity contribution in [2.45, 2.75) is 31.8 Å². The number of hydrogen-bond donors (Lipinski definition) is 2. The van der Waals surface area contributed by atoms with E-state index < -0.39 is 34.6 Å². The fraction of sp³-hybridized carbons (Fsp3) is 0.222. The summed E-state index contributed by atoms with van der Waals surface area (Å²) in [6, 6.07) is 12.2. The first-order chi connectivity index (χ1) is 18.1. The number of hydrazine groups is 1. The van der Waals surface area contributed by atoms with E-state index in [1.54, 1.807) is 48.5 Å². The molecule has 0 saturated carbocycles. The second kappa shape index (κ2) is 10.1. The minimum atomic E-state index is -1.07. The van der Waals surface area contributed by atoms with Crippen LogP contribution in [0.1, 0.15) is 25.3 Å². The third-order valence-corrected chi connectivity index (χ3v) is 7.65. The summed E-state index contributed by atoms with van der Waals surface area (Å²) < 4.78 is 29.2. The highest BCUT2D eigenvalue weighted by Gasteiger charge is 2.52. The fourth-order valence-corrected chi connectivity index (χ4v) is 5.44. The molecule has 1 saturated heterocycles. The van der Waals surface area contributed by atoms with Crippen molar-refractivity contribution in [2.24, 2.45) is 0 Å². The van der Waals surface area contributed by atoms with Crippen molar-refractivity contribution in [1.82, 2.24) is 15.0 Å². The van der Waals surface area contributed by atoms with Crippen molar-refractivity contribution in [3.63, 3.8) is 0 Å². The van der Waals surface area contributed by atoms with Crippen molar-refractivity contribution in [3.8, 4) is 11.1 Å². The zero-order chi connectivity index (χ0) is 27.2. The molecule has 7 nitrogen and oxygen atoms in total. The van der Waals surface area contributed by atoms with Crippen molar-refractivity contribution >= 4 is 45.0 Å². The van der Waals surface area contributed by atoms with Gasteiger partial charge in [0.1, 0.15) is 16.5 Å². The lowest BCUT2D eigenvalue weighted by Crippen LogP contribution is -2.60. The first-order valence-corrected chi connectivity index (χ1v) is 13.0. The van der Waals surface area contributed by atoms with Gasteiger partial charge in [-0.15, -0.1) is 0 Å². The largest absolute Gasteiger partial charge is 0.509 e. The second-order valence-electron chi connectivity index (χ2n) is 9.31. The minimum Gasteiger partial charge on any atom is -0.509 e. The van der Waals surface area contributed by atoms with Crippen LogP contribution in [0.4, 0.5) is 14.5 Å². The summed E-state index contributed by atoms with van der Waals surface area (Å²) in [5.74, 6) is -4.10. The Balaban J connectivity index is 1.52. The number of carbonyl (C=O) groups excluding carboxylic acids is 2. The van der Waals surface area contributed by atoms with Gasteiger partial charge < -0.3 is 10.4 Å². The standard InChI is InChI=1S/C27H22BrClF2N4O3/c1-27-10-3-11-35(27)34(14-16-4-2-5-19(30)23(16)31)26(38)22(24(27)36)25(37)33-20-8-7-17(28)12-18(20)15-6-9-21(29)32-13-15/h2,4-9,12-13,36H,3,10-11,14H2,1H3,(H,33,37)/t27-/m1/s1. The Labute approximate surface area is 230 Å². The lowest BCUT2D eigenvalue weighted by Gasteiger charge is -2.46. The Morgan fingerprint density at radius 2 is 2.03 bits per heavy atom. The van der Waals surface area contributed by atoms with Crippen LogP contribution < -0.4 is 5.32 Å². The Morgan fingerprint density at radius 1 is 1.24 bits per heavy atom. The zero-order valence-corrected chi connectivity index (χ0v) is 22.5. The molecule has 1 atom stereocenters. The van der Waals surface area contributed by atoms with E-state index in [0.29, 0.717) is 41.4 Å². The van der Waals surface area contributed by atoms with Gasteiger partial charge in [0.2, 0.25) is 0 Å². The molecule has 38 heavy (non-hydrogen) atoms. The van der Waals surface area contributed by atoms with Crippen LogP contribution >= 0.6 is 27.5 Å². The summed E-state index contributed by atoms with van der Waals surface area (Å²) in [5, 5.41) is 17.1. The number of carbonyl (C=O) groups is 2. The van der Waals surface area contributed by atoms with Gasteiger partial charge in [-0.1, -0.05) is 39.7 Å². The molecular weight excluding hydrogens is 582 g/mol. The van der Waals surface area contributed by atoms with Crippen LogP contribution in [0.15, 0.2) is 70.5 Å². The molecule has 5 rings (SSSR count). The van der Waals surface area contributed by atoms with Gasteiger partial charge in [0.05, 0.1) is 12.1 Å². The number of aliphatic hydroxyl groups excluding tert-OH is 1. The second-order valence-corrected chi connectivity index (χ2v) is 10.6. The molecule has 2 amide bonds. The molecule has 3 aromatic rings. The number of anilines is 1. The van der Waals surface area contributed by atoms with Gasteiger partial charge in [-0.3, -0.25) is 14.6 Å².